The monoisotopic (exact) mass is 501 g/mol. The van der Waals surface area contributed by atoms with Crippen molar-refractivity contribution in [3.63, 3.8) is 0 Å². The summed E-state index contributed by atoms with van der Waals surface area (Å²) in [7, 11) is 0. The number of benzene rings is 1. The fraction of sp³-hybridized carbons (Fsp3) is 0.520. The molecule has 1 aromatic carbocycles. The minimum atomic E-state index is -0.746. The molecule has 1 aromatic heterocycles. The van der Waals surface area contributed by atoms with Crippen LogP contribution in [0.4, 0.5) is 16.3 Å². The molecular weight excluding hydrogens is 470 g/mol. The summed E-state index contributed by atoms with van der Waals surface area (Å²) < 4.78 is 11.0. The normalized spacial score (nSPS) is 17.2. The van der Waals surface area contributed by atoms with Gasteiger partial charge in [-0.05, 0) is 58.8 Å². The van der Waals surface area contributed by atoms with Crippen LogP contribution in [-0.2, 0) is 14.3 Å². The summed E-state index contributed by atoms with van der Waals surface area (Å²) in [4.78, 5) is 39.1. The highest BCUT2D eigenvalue weighted by Gasteiger charge is 2.34. The molecule has 3 heterocycles. The molecule has 0 spiro atoms. The van der Waals surface area contributed by atoms with E-state index in [1.165, 1.54) is 0 Å². The molecule has 2 fully saturated rings. The lowest BCUT2D eigenvalue weighted by Crippen LogP contribution is -2.46. The molecule has 4 rings (SSSR count). The molecule has 1 N–H and O–H groups in total. The zero-order chi connectivity index (χ0) is 25.0. The third-order valence-corrected chi connectivity index (χ3v) is 6.06. The number of rotatable bonds is 4. The van der Waals surface area contributed by atoms with Gasteiger partial charge in [-0.25, -0.2) is 19.7 Å². The van der Waals surface area contributed by atoms with Crippen LogP contribution in [0.1, 0.15) is 33.6 Å². The second-order valence-corrected chi connectivity index (χ2v) is 10.1. The van der Waals surface area contributed by atoms with Crippen molar-refractivity contribution in [2.24, 2.45) is 5.92 Å². The van der Waals surface area contributed by atoms with Gasteiger partial charge in [0.2, 0.25) is 5.91 Å². The van der Waals surface area contributed by atoms with Crippen molar-refractivity contribution in [2.45, 2.75) is 39.2 Å². The number of carbonyl (C=O) groups is 2. The summed E-state index contributed by atoms with van der Waals surface area (Å²) in [5, 5.41) is 3.57. The number of carbonyl (C=O) groups excluding carboxylic acids is 2. The van der Waals surface area contributed by atoms with E-state index in [4.69, 9.17) is 26.1 Å². The Kier molecular flexibility index (Phi) is 7.88. The van der Waals surface area contributed by atoms with Crippen molar-refractivity contribution in [2.75, 3.05) is 49.2 Å². The largest absolute Gasteiger partial charge is 0.443 e. The van der Waals surface area contributed by atoms with Gasteiger partial charge in [-0.1, -0.05) is 23.7 Å². The summed E-state index contributed by atoms with van der Waals surface area (Å²) in [5.41, 5.74) is 0.313. The van der Waals surface area contributed by atoms with E-state index in [0.717, 1.165) is 18.0 Å². The topological polar surface area (TPSA) is 96.9 Å². The Labute approximate surface area is 210 Å². The van der Waals surface area contributed by atoms with Crippen LogP contribution < -0.4 is 15.1 Å². The zero-order valence-corrected chi connectivity index (χ0v) is 21.2. The van der Waals surface area contributed by atoms with E-state index in [9.17, 15) is 9.59 Å². The van der Waals surface area contributed by atoms with E-state index in [1.807, 2.05) is 6.07 Å². The van der Waals surface area contributed by atoms with Crippen LogP contribution in [0.2, 0.25) is 5.15 Å². The Morgan fingerprint density at radius 1 is 1.14 bits per heavy atom. The number of nitrogens with zero attached hydrogens (tertiary/aromatic N) is 4. The summed E-state index contributed by atoms with van der Waals surface area (Å²) >= 11 is 6.34. The Balaban J connectivity index is 1.68. The maximum atomic E-state index is 13.5. The van der Waals surface area contributed by atoms with Crippen LogP contribution in [0.3, 0.4) is 0 Å². The van der Waals surface area contributed by atoms with Crippen molar-refractivity contribution in [1.82, 2.24) is 15.3 Å². The number of aromatic nitrogens is 2. The first kappa shape index (κ1) is 25.3. The molecule has 188 valence electrons. The molecule has 0 aliphatic carbocycles. The quantitative estimate of drug-likeness (QED) is 0.630. The molecule has 2 aromatic rings. The van der Waals surface area contributed by atoms with Crippen LogP contribution in [0.5, 0.6) is 0 Å². The Bertz CT molecular complexity index is 1060. The molecule has 2 aliphatic heterocycles. The number of morpholine rings is 1. The number of amides is 2. The van der Waals surface area contributed by atoms with Gasteiger partial charge in [0.15, 0.2) is 5.82 Å². The third-order valence-electron chi connectivity index (χ3n) is 5.86. The van der Waals surface area contributed by atoms with Gasteiger partial charge in [0.05, 0.1) is 18.9 Å². The summed E-state index contributed by atoms with van der Waals surface area (Å²) in [6.07, 6.45) is 0.634. The van der Waals surface area contributed by atoms with Crippen LogP contribution in [0, 0.1) is 5.92 Å². The smallest absolute Gasteiger partial charge is 0.421 e. The molecule has 2 saturated heterocycles. The standard InChI is InChI=1S/C25H32ClN5O4/c1-25(2,3)35-24(33)31(23(32)17-7-9-27-10-8-17)19-6-4-5-18(15-19)22-28-20(26)16-21(29-22)30-11-13-34-14-12-30/h4-6,15-17,27H,7-14H2,1-3H3. The average molecular weight is 502 g/mol. The average Bonchev–Trinajstić information content (AvgIpc) is 2.84. The molecule has 10 heteroatoms. The van der Waals surface area contributed by atoms with Crippen molar-refractivity contribution in [3.8, 4) is 11.4 Å². The van der Waals surface area contributed by atoms with Crippen LogP contribution in [-0.4, -0.2) is 67.0 Å². The molecule has 0 unspecified atom stereocenters. The maximum Gasteiger partial charge on any atom is 0.421 e. The van der Waals surface area contributed by atoms with Gasteiger partial charge >= 0.3 is 6.09 Å². The lowest BCUT2D eigenvalue weighted by molar-refractivity contribution is -0.122. The molecule has 9 nitrogen and oxygen atoms in total. The minimum absolute atomic E-state index is 0.261. The molecule has 35 heavy (non-hydrogen) atoms. The predicted octanol–water partition coefficient (Wildman–Crippen LogP) is 3.90. The van der Waals surface area contributed by atoms with E-state index in [1.54, 1.807) is 45.0 Å². The van der Waals surface area contributed by atoms with Gasteiger partial charge in [0.25, 0.3) is 0 Å². The molecule has 2 aliphatic rings. The lowest BCUT2D eigenvalue weighted by atomic mass is 9.96. The van der Waals surface area contributed by atoms with E-state index >= 15 is 0 Å². The number of imide groups is 1. The number of hydrogen-bond acceptors (Lipinski definition) is 8. The predicted molar refractivity (Wildman–Crippen MR) is 135 cm³/mol. The zero-order valence-electron chi connectivity index (χ0n) is 20.4. The molecule has 0 atom stereocenters. The fourth-order valence-electron chi connectivity index (χ4n) is 4.16. The van der Waals surface area contributed by atoms with Crippen LogP contribution in [0.15, 0.2) is 30.3 Å². The first-order valence-electron chi connectivity index (χ1n) is 12.0. The first-order chi connectivity index (χ1) is 16.7. The van der Waals surface area contributed by atoms with E-state index in [-0.39, 0.29) is 11.8 Å². The summed E-state index contributed by atoms with van der Waals surface area (Å²) in [6.45, 7) is 9.48. The first-order valence-corrected chi connectivity index (χ1v) is 12.3. The number of halogens is 1. The highest BCUT2D eigenvalue weighted by Crippen LogP contribution is 2.29. The van der Waals surface area contributed by atoms with Crippen molar-refractivity contribution in [1.29, 1.82) is 0 Å². The van der Waals surface area contributed by atoms with Crippen LogP contribution >= 0.6 is 11.6 Å². The highest BCUT2D eigenvalue weighted by molar-refractivity contribution is 6.29. The van der Waals surface area contributed by atoms with Crippen molar-refractivity contribution in [3.05, 3.63) is 35.5 Å². The highest BCUT2D eigenvalue weighted by atomic mass is 35.5. The van der Waals surface area contributed by atoms with Gasteiger partial charge < -0.3 is 19.7 Å². The SMILES string of the molecule is CC(C)(C)OC(=O)N(C(=O)C1CCNCC1)c1cccc(-c2nc(Cl)cc(N3CCOCC3)n2)c1. The number of anilines is 2. The van der Waals surface area contributed by atoms with Gasteiger partial charge in [0.1, 0.15) is 16.6 Å². The Morgan fingerprint density at radius 3 is 2.54 bits per heavy atom. The van der Waals surface area contributed by atoms with Gasteiger partial charge in [0, 0.05) is 30.6 Å². The van der Waals surface area contributed by atoms with Crippen LogP contribution in [0.25, 0.3) is 11.4 Å². The van der Waals surface area contributed by atoms with Crippen molar-refractivity contribution < 1.29 is 19.1 Å². The number of nitrogens with one attached hydrogen (secondary N) is 1. The third kappa shape index (κ3) is 6.48. The van der Waals surface area contributed by atoms with Gasteiger partial charge in [-0.15, -0.1) is 0 Å². The molecule has 0 saturated carbocycles. The van der Waals surface area contributed by atoms with Gasteiger partial charge in [-0.2, -0.15) is 0 Å². The van der Waals surface area contributed by atoms with E-state index in [2.05, 4.69) is 15.2 Å². The maximum absolute atomic E-state index is 13.5. The number of hydrogen-bond donors (Lipinski definition) is 1. The number of ether oxygens (including phenoxy) is 2. The van der Waals surface area contributed by atoms with E-state index in [0.29, 0.717) is 67.2 Å². The molecule has 2 amide bonds. The number of piperidine rings is 1. The van der Waals surface area contributed by atoms with E-state index < -0.39 is 11.7 Å². The molecule has 0 radical (unpaired) electrons. The van der Waals surface area contributed by atoms with Crippen molar-refractivity contribution >= 4 is 35.1 Å². The Hall–Kier alpha value is -2.75. The summed E-state index contributed by atoms with van der Waals surface area (Å²) in [6, 6.07) is 8.79. The fourth-order valence-corrected chi connectivity index (χ4v) is 4.33. The second-order valence-electron chi connectivity index (χ2n) is 9.70. The second kappa shape index (κ2) is 10.9. The minimum Gasteiger partial charge on any atom is -0.443 e. The van der Waals surface area contributed by atoms with Gasteiger partial charge in [-0.3, -0.25) is 4.79 Å². The lowest BCUT2D eigenvalue weighted by Gasteiger charge is -2.30. The summed E-state index contributed by atoms with van der Waals surface area (Å²) in [5.74, 6) is 0.601. The Morgan fingerprint density at radius 2 is 1.86 bits per heavy atom. The molecular formula is C25H32ClN5O4. The molecule has 0 bridgehead atoms.